The molecule has 0 heterocycles. The molecule has 0 amide bonds. The Hall–Kier alpha value is -2.57. The van der Waals surface area contributed by atoms with Crippen molar-refractivity contribution in [3.05, 3.63) is 65.0 Å². The lowest BCUT2D eigenvalue weighted by Crippen LogP contribution is -2.48. The van der Waals surface area contributed by atoms with Crippen molar-refractivity contribution in [2.75, 3.05) is 13.7 Å². The first-order valence-electron chi connectivity index (χ1n) is 9.52. The highest BCUT2D eigenvalue weighted by Crippen LogP contribution is 2.29. The van der Waals surface area contributed by atoms with Crippen molar-refractivity contribution in [3.8, 4) is 0 Å². The van der Waals surface area contributed by atoms with Gasteiger partial charge in [0.25, 0.3) is 0 Å². The quantitative estimate of drug-likeness (QED) is 0.240. The molecular formula is C21H22F5NO5S. The fourth-order valence-corrected chi connectivity index (χ4v) is 4.08. The number of benzene rings is 2. The van der Waals surface area contributed by atoms with Gasteiger partial charge in [-0.2, -0.15) is 4.31 Å². The van der Waals surface area contributed by atoms with Gasteiger partial charge in [0.2, 0.25) is 15.8 Å². The smallest absolute Gasteiger partial charge is 0.327 e. The van der Waals surface area contributed by atoms with Crippen molar-refractivity contribution in [2.45, 2.75) is 43.9 Å². The third kappa shape index (κ3) is 6.06. The molecule has 0 N–H and O–H groups in total. The Bertz CT molecular complexity index is 1090. The zero-order valence-electron chi connectivity index (χ0n) is 18.2. The van der Waals surface area contributed by atoms with Gasteiger partial charge >= 0.3 is 5.97 Å². The molecule has 182 valence electrons. The van der Waals surface area contributed by atoms with E-state index < -0.39 is 68.2 Å². The number of nitrogens with zero attached hydrogens (tertiary/aromatic N) is 1. The van der Waals surface area contributed by atoms with E-state index in [0.29, 0.717) is 5.56 Å². The van der Waals surface area contributed by atoms with Crippen LogP contribution in [0.5, 0.6) is 0 Å². The Kier molecular flexibility index (Phi) is 8.20. The summed E-state index contributed by atoms with van der Waals surface area (Å²) in [5.41, 5.74) is -0.407. The molecule has 6 nitrogen and oxygen atoms in total. The summed E-state index contributed by atoms with van der Waals surface area (Å²) in [6.45, 7) is 3.79. The first kappa shape index (κ1) is 26.7. The molecule has 2 aromatic rings. The van der Waals surface area contributed by atoms with E-state index in [1.807, 2.05) is 0 Å². The Morgan fingerprint density at radius 1 is 0.939 bits per heavy atom. The van der Waals surface area contributed by atoms with Crippen molar-refractivity contribution in [1.29, 1.82) is 0 Å². The molecule has 0 aliphatic heterocycles. The molecule has 1 atom stereocenters. The summed E-state index contributed by atoms with van der Waals surface area (Å²) >= 11 is 0. The summed E-state index contributed by atoms with van der Waals surface area (Å²) in [6, 6.07) is 6.76. The second-order valence-electron chi connectivity index (χ2n) is 7.97. The van der Waals surface area contributed by atoms with Crippen LogP contribution in [0.25, 0.3) is 0 Å². The second kappa shape index (κ2) is 10.1. The van der Waals surface area contributed by atoms with E-state index in [4.69, 9.17) is 9.47 Å². The highest BCUT2D eigenvalue weighted by atomic mass is 32.2. The largest absolute Gasteiger partial charge is 0.459 e. The maximum absolute atomic E-state index is 14.2. The molecule has 0 aromatic heterocycles. The average molecular weight is 495 g/mol. The highest BCUT2D eigenvalue weighted by molar-refractivity contribution is 7.89. The van der Waals surface area contributed by atoms with Crippen LogP contribution < -0.4 is 0 Å². The van der Waals surface area contributed by atoms with Crippen molar-refractivity contribution in [3.63, 3.8) is 0 Å². The topological polar surface area (TPSA) is 72.9 Å². The van der Waals surface area contributed by atoms with Gasteiger partial charge in [0.1, 0.15) is 11.6 Å². The van der Waals surface area contributed by atoms with Crippen molar-refractivity contribution in [1.82, 2.24) is 4.31 Å². The summed E-state index contributed by atoms with van der Waals surface area (Å²) < 4.78 is 105. The zero-order chi connectivity index (χ0) is 25.1. The molecule has 0 aliphatic rings. The molecule has 33 heavy (non-hydrogen) atoms. The van der Waals surface area contributed by atoms with E-state index in [1.165, 1.54) is 20.8 Å². The molecular weight excluding hydrogens is 473 g/mol. The van der Waals surface area contributed by atoms with Gasteiger partial charge in [-0.1, -0.05) is 30.3 Å². The SMILES string of the molecule is CN([C@H](COCc1ccccc1)C(=O)OC(C)(C)C)S(=O)(=O)c1c(F)c(F)c(F)c(F)c1F. The number of ether oxygens (including phenoxy) is 2. The van der Waals surface area contributed by atoms with Crippen molar-refractivity contribution in [2.24, 2.45) is 0 Å². The van der Waals surface area contributed by atoms with Crippen LogP contribution in [0, 0.1) is 29.1 Å². The molecule has 0 unspecified atom stereocenters. The van der Waals surface area contributed by atoms with Crippen LogP contribution in [0.15, 0.2) is 35.2 Å². The molecule has 0 aliphatic carbocycles. The standard InChI is InChI=1S/C21H22F5NO5S/c1-21(2,3)32-20(28)13(11-31-10-12-8-6-5-7-9-12)27(4)33(29,30)19-17(25)15(23)14(22)16(24)18(19)26/h5-9,13H,10-11H2,1-4H3/t13-/m1/s1. The first-order valence-corrected chi connectivity index (χ1v) is 11.0. The molecule has 0 fully saturated rings. The van der Waals surface area contributed by atoms with Crippen molar-refractivity contribution < 1.29 is 44.6 Å². The lowest BCUT2D eigenvalue weighted by Gasteiger charge is -2.29. The molecule has 0 saturated heterocycles. The fraction of sp³-hybridized carbons (Fsp3) is 0.381. The zero-order valence-corrected chi connectivity index (χ0v) is 19.0. The monoisotopic (exact) mass is 495 g/mol. The van der Waals surface area contributed by atoms with Gasteiger partial charge in [-0.05, 0) is 26.3 Å². The number of likely N-dealkylation sites (N-methyl/N-ethyl adjacent to an activating group) is 1. The predicted molar refractivity (Wildman–Crippen MR) is 107 cm³/mol. The minimum Gasteiger partial charge on any atom is -0.459 e. The van der Waals surface area contributed by atoms with Crippen LogP contribution in [0.2, 0.25) is 0 Å². The van der Waals surface area contributed by atoms with Gasteiger partial charge in [-0.25, -0.2) is 30.4 Å². The van der Waals surface area contributed by atoms with Crippen LogP contribution in [-0.4, -0.2) is 44.0 Å². The number of hydrogen-bond donors (Lipinski definition) is 0. The maximum Gasteiger partial charge on any atom is 0.327 e. The van der Waals surface area contributed by atoms with Gasteiger partial charge in [-0.15, -0.1) is 0 Å². The van der Waals surface area contributed by atoms with Gasteiger partial charge in [-0.3, -0.25) is 4.79 Å². The number of carbonyl (C=O) groups is 1. The molecule has 12 heteroatoms. The number of carbonyl (C=O) groups excluding carboxylic acids is 1. The lowest BCUT2D eigenvalue weighted by molar-refractivity contribution is -0.161. The fourth-order valence-electron chi connectivity index (χ4n) is 2.68. The first-order chi connectivity index (χ1) is 15.2. The molecule has 2 rings (SSSR count). The van der Waals surface area contributed by atoms with Crippen LogP contribution >= 0.6 is 0 Å². The molecule has 0 radical (unpaired) electrons. The van der Waals surface area contributed by atoms with Crippen LogP contribution in [-0.2, 0) is 30.9 Å². The summed E-state index contributed by atoms with van der Waals surface area (Å²) in [6.07, 6.45) is 0. The summed E-state index contributed by atoms with van der Waals surface area (Å²) in [7, 11) is -4.66. The number of esters is 1. The van der Waals surface area contributed by atoms with E-state index in [9.17, 15) is 35.2 Å². The minimum atomic E-state index is -5.40. The molecule has 2 aromatic carbocycles. The van der Waals surface area contributed by atoms with E-state index in [2.05, 4.69) is 0 Å². The molecule has 0 bridgehead atoms. The van der Waals surface area contributed by atoms with Gasteiger partial charge in [0.15, 0.2) is 28.2 Å². The van der Waals surface area contributed by atoms with E-state index in [-0.39, 0.29) is 10.9 Å². The van der Waals surface area contributed by atoms with Crippen LogP contribution in [0.1, 0.15) is 26.3 Å². The second-order valence-corrected chi connectivity index (χ2v) is 9.90. The highest BCUT2D eigenvalue weighted by Gasteiger charge is 2.41. The minimum absolute atomic E-state index is 0.0590. The van der Waals surface area contributed by atoms with E-state index >= 15 is 0 Å². The van der Waals surface area contributed by atoms with Gasteiger partial charge < -0.3 is 9.47 Å². The summed E-state index contributed by atoms with van der Waals surface area (Å²) in [5.74, 6) is -13.6. The van der Waals surface area contributed by atoms with Crippen LogP contribution in [0.4, 0.5) is 22.0 Å². The molecule has 0 saturated carbocycles. The van der Waals surface area contributed by atoms with Gasteiger partial charge in [0.05, 0.1) is 13.2 Å². The Morgan fingerprint density at radius 3 is 1.91 bits per heavy atom. The Morgan fingerprint density at radius 2 is 1.42 bits per heavy atom. The summed E-state index contributed by atoms with van der Waals surface area (Å²) in [5, 5.41) is 0. The van der Waals surface area contributed by atoms with Gasteiger partial charge in [0, 0.05) is 7.05 Å². The third-order valence-electron chi connectivity index (χ3n) is 4.31. The Labute approximate surface area is 188 Å². The van der Waals surface area contributed by atoms with Crippen molar-refractivity contribution >= 4 is 16.0 Å². The predicted octanol–water partition coefficient (Wildman–Crippen LogP) is 3.93. The number of halogens is 5. The van der Waals surface area contributed by atoms with Crippen LogP contribution in [0.3, 0.4) is 0 Å². The maximum atomic E-state index is 14.2. The normalized spacial score (nSPS) is 13.3. The summed E-state index contributed by atoms with van der Waals surface area (Å²) in [4.78, 5) is 10.6. The Balaban J connectivity index is 2.44. The third-order valence-corrected chi connectivity index (χ3v) is 6.20. The number of rotatable bonds is 8. The average Bonchev–Trinajstić information content (AvgIpc) is 2.73. The lowest BCUT2D eigenvalue weighted by atomic mass is 10.2. The van der Waals surface area contributed by atoms with E-state index in [1.54, 1.807) is 30.3 Å². The molecule has 0 spiro atoms. The number of hydrogen-bond acceptors (Lipinski definition) is 5. The van der Waals surface area contributed by atoms with E-state index in [0.717, 1.165) is 7.05 Å². The number of sulfonamides is 1.